The van der Waals surface area contributed by atoms with Gasteiger partial charge in [-0.05, 0) is 30.7 Å². The first-order chi connectivity index (χ1) is 8.65. The van der Waals surface area contributed by atoms with Crippen LogP contribution in [0.15, 0.2) is 36.4 Å². The number of rotatable bonds is 3. The van der Waals surface area contributed by atoms with E-state index in [0.29, 0.717) is 22.4 Å². The van der Waals surface area contributed by atoms with Crippen molar-refractivity contribution in [2.75, 3.05) is 7.11 Å². The first-order valence-electron chi connectivity index (χ1n) is 5.55. The summed E-state index contributed by atoms with van der Waals surface area (Å²) in [6.45, 7) is 1.90. The summed E-state index contributed by atoms with van der Waals surface area (Å²) in [6, 6.07) is 9.79. The monoisotopic (exact) mass is 244 g/mol. The van der Waals surface area contributed by atoms with Crippen LogP contribution in [0.3, 0.4) is 0 Å². The average molecular weight is 244 g/mol. The SMILES string of the molecule is COc1ccc(F)c(-c2cc(C)ccc2C=O)c1. The Kier molecular flexibility index (Phi) is 3.42. The molecule has 0 aliphatic carbocycles. The lowest BCUT2D eigenvalue weighted by Crippen LogP contribution is -1.93. The highest BCUT2D eigenvalue weighted by molar-refractivity contribution is 5.88. The van der Waals surface area contributed by atoms with E-state index in [-0.39, 0.29) is 5.82 Å². The summed E-state index contributed by atoms with van der Waals surface area (Å²) in [5.41, 5.74) is 2.40. The second-order valence-corrected chi connectivity index (χ2v) is 4.05. The quantitative estimate of drug-likeness (QED) is 0.771. The van der Waals surface area contributed by atoms with Crippen molar-refractivity contribution in [1.29, 1.82) is 0 Å². The second-order valence-electron chi connectivity index (χ2n) is 4.05. The summed E-state index contributed by atoms with van der Waals surface area (Å²) < 4.78 is 18.9. The Morgan fingerprint density at radius 1 is 1.11 bits per heavy atom. The highest BCUT2D eigenvalue weighted by Crippen LogP contribution is 2.29. The predicted octanol–water partition coefficient (Wildman–Crippen LogP) is 3.62. The van der Waals surface area contributed by atoms with E-state index in [2.05, 4.69) is 0 Å². The molecule has 3 heteroatoms. The number of aldehydes is 1. The van der Waals surface area contributed by atoms with E-state index in [1.165, 1.54) is 13.2 Å². The zero-order valence-corrected chi connectivity index (χ0v) is 10.2. The van der Waals surface area contributed by atoms with Gasteiger partial charge in [-0.25, -0.2) is 4.39 Å². The first kappa shape index (κ1) is 12.3. The number of hydrogen-bond acceptors (Lipinski definition) is 2. The number of carbonyl (C=O) groups excluding carboxylic acids is 1. The molecule has 0 aliphatic rings. The number of aryl methyl sites for hydroxylation is 1. The zero-order chi connectivity index (χ0) is 13.1. The molecule has 0 saturated heterocycles. The van der Waals surface area contributed by atoms with Crippen molar-refractivity contribution >= 4 is 6.29 Å². The van der Waals surface area contributed by atoms with E-state index in [1.54, 1.807) is 24.3 Å². The van der Waals surface area contributed by atoms with Gasteiger partial charge in [0.05, 0.1) is 7.11 Å². The molecule has 2 rings (SSSR count). The Morgan fingerprint density at radius 2 is 1.89 bits per heavy atom. The molecule has 0 aromatic heterocycles. The van der Waals surface area contributed by atoms with Crippen molar-refractivity contribution in [3.05, 3.63) is 53.3 Å². The van der Waals surface area contributed by atoms with E-state index in [1.807, 2.05) is 13.0 Å². The molecule has 0 heterocycles. The van der Waals surface area contributed by atoms with Crippen LogP contribution in [0.25, 0.3) is 11.1 Å². The molecule has 0 bridgehead atoms. The molecular formula is C15H13FO2. The largest absolute Gasteiger partial charge is 0.497 e. The maximum absolute atomic E-state index is 13.9. The Bertz CT molecular complexity index is 591. The number of hydrogen-bond donors (Lipinski definition) is 0. The van der Waals surface area contributed by atoms with E-state index >= 15 is 0 Å². The normalized spacial score (nSPS) is 10.2. The molecule has 0 amide bonds. The van der Waals surface area contributed by atoms with Crippen molar-refractivity contribution in [1.82, 2.24) is 0 Å². The van der Waals surface area contributed by atoms with Crippen LogP contribution < -0.4 is 4.74 Å². The van der Waals surface area contributed by atoms with Crippen molar-refractivity contribution in [2.24, 2.45) is 0 Å². The Labute approximate surface area is 105 Å². The maximum atomic E-state index is 13.9. The van der Waals surface area contributed by atoms with Gasteiger partial charge in [0.15, 0.2) is 6.29 Å². The highest BCUT2D eigenvalue weighted by atomic mass is 19.1. The summed E-state index contributed by atoms with van der Waals surface area (Å²) in [6.07, 6.45) is 0.730. The molecule has 2 aromatic rings. The van der Waals surface area contributed by atoms with Gasteiger partial charge in [-0.1, -0.05) is 23.8 Å². The molecule has 2 aromatic carbocycles. The van der Waals surface area contributed by atoms with Crippen molar-refractivity contribution in [3.63, 3.8) is 0 Å². The molecule has 0 unspecified atom stereocenters. The van der Waals surface area contributed by atoms with Gasteiger partial charge in [-0.3, -0.25) is 4.79 Å². The summed E-state index contributed by atoms with van der Waals surface area (Å²) in [7, 11) is 1.52. The minimum Gasteiger partial charge on any atom is -0.497 e. The van der Waals surface area contributed by atoms with E-state index in [9.17, 15) is 9.18 Å². The standard InChI is InChI=1S/C15H13FO2/c1-10-3-4-11(9-17)13(7-10)14-8-12(18-2)5-6-15(14)16/h3-9H,1-2H3. The van der Waals surface area contributed by atoms with Crippen LogP contribution >= 0.6 is 0 Å². The molecule has 0 atom stereocenters. The van der Waals surface area contributed by atoms with E-state index in [4.69, 9.17) is 4.74 Å². The number of halogens is 1. The van der Waals surface area contributed by atoms with E-state index in [0.717, 1.165) is 11.8 Å². The van der Waals surface area contributed by atoms with Gasteiger partial charge < -0.3 is 4.74 Å². The van der Waals surface area contributed by atoms with Crippen LogP contribution in [0.2, 0.25) is 0 Å². The molecule has 0 aliphatic heterocycles. The third-order valence-corrected chi connectivity index (χ3v) is 2.80. The van der Waals surface area contributed by atoms with Crippen LogP contribution in [0.4, 0.5) is 4.39 Å². The summed E-state index contributed by atoms with van der Waals surface area (Å²) >= 11 is 0. The molecule has 92 valence electrons. The molecule has 0 spiro atoms. The molecule has 0 N–H and O–H groups in total. The first-order valence-corrected chi connectivity index (χ1v) is 5.55. The summed E-state index contributed by atoms with van der Waals surface area (Å²) in [5.74, 6) is 0.189. The highest BCUT2D eigenvalue weighted by Gasteiger charge is 2.11. The third kappa shape index (κ3) is 2.25. The van der Waals surface area contributed by atoms with Crippen LogP contribution in [-0.4, -0.2) is 13.4 Å². The Balaban J connectivity index is 2.67. The molecule has 2 nitrogen and oxygen atoms in total. The fraction of sp³-hybridized carbons (Fsp3) is 0.133. The Morgan fingerprint density at radius 3 is 2.56 bits per heavy atom. The molecule has 18 heavy (non-hydrogen) atoms. The molecule has 0 fully saturated rings. The van der Waals surface area contributed by atoms with Gasteiger partial charge >= 0.3 is 0 Å². The number of benzene rings is 2. The van der Waals surface area contributed by atoms with Gasteiger partial charge in [0, 0.05) is 11.1 Å². The van der Waals surface area contributed by atoms with Gasteiger partial charge in [0.1, 0.15) is 11.6 Å². The van der Waals surface area contributed by atoms with Gasteiger partial charge in [0.2, 0.25) is 0 Å². The second kappa shape index (κ2) is 5.00. The minimum atomic E-state index is -0.371. The van der Waals surface area contributed by atoms with Gasteiger partial charge in [0.25, 0.3) is 0 Å². The van der Waals surface area contributed by atoms with Gasteiger partial charge in [-0.2, -0.15) is 0 Å². The smallest absolute Gasteiger partial charge is 0.150 e. The third-order valence-electron chi connectivity index (χ3n) is 2.80. The molecule has 0 saturated carbocycles. The minimum absolute atomic E-state index is 0.371. The van der Waals surface area contributed by atoms with Crippen molar-refractivity contribution < 1.29 is 13.9 Å². The summed E-state index contributed by atoms with van der Waals surface area (Å²) in [4.78, 5) is 11.0. The van der Waals surface area contributed by atoms with Crippen LogP contribution in [-0.2, 0) is 0 Å². The van der Waals surface area contributed by atoms with Crippen LogP contribution in [0.1, 0.15) is 15.9 Å². The molecular weight excluding hydrogens is 231 g/mol. The lowest BCUT2D eigenvalue weighted by molar-refractivity contribution is 0.112. The Hall–Kier alpha value is -2.16. The number of carbonyl (C=O) groups is 1. The maximum Gasteiger partial charge on any atom is 0.150 e. The lowest BCUT2D eigenvalue weighted by atomic mass is 9.97. The predicted molar refractivity (Wildman–Crippen MR) is 68.5 cm³/mol. The van der Waals surface area contributed by atoms with E-state index < -0.39 is 0 Å². The van der Waals surface area contributed by atoms with Crippen LogP contribution in [0, 0.1) is 12.7 Å². The lowest BCUT2D eigenvalue weighted by Gasteiger charge is -2.09. The average Bonchev–Trinajstić information content (AvgIpc) is 2.39. The fourth-order valence-corrected chi connectivity index (χ4v) is 1.84. The zero-order valence-electron chi connectivity index (χ0n) is 10.2. The van der Waals surface area contributed by atoms with Crippen LogP contribution in [0.5, 0.6) is 5.75 Å². The number of ether oxygens (including phenoxy) is 1. The van der Waals surface area contributed by atoms with Crippen molar-refractivity contribution in [3.8, 4) is 16.9 Å². The van der Waals surface area contributed by atoms with Crippen molar-refractivity contribution in [2.45, 2.75) is 6.92 Å². The van der Waals surface area contributed by atoms with Gasteiger partial charge in [-0.15, -0.1) is 0 Å². The summed E-state index contributed by atoms with van der Waals surface area (Å²) in [5, 5.41) is 0. The topological polar surface area (TPSA) is 26.3 Å². The number of methoxy groups -OCH3 is 1. The fourth-order valence-electron chi connectivity index (χ4n) is 1.84. The molecule has 0 radical (unpaired) electrons.